The van der Waals surface area contributed by atoms with E-state index >= 15 is 0 Å². The van der Waals surface area contributed by atoms with E-state index in [0.29, 0.717) is 0 Å². The predicted octanol–water partition coefficient (Wildman–Crippen LogP) is 8.68. The first-order valence-electron chi connectivity index (χ1n) is 14.3. The molecule has 7 aromatic carbocycles. The Labute approximate surface area is 238 Å². The van der Waals surface area contributed by atoms with Crippen molar-refractivity contribution < 1.29 is 0 Å². The van der Waals surface area contributed by atoms with E-state index in [1.807, 2.05) is 0 Å². The molecule has 2 nitrogen and oxygen atoms in total. The summed E-state index contributed by atoms with van der Waals surface area (Å²) in [6, 6.07) is 51.7. The number of hydrogen-bond donors (Lipinski definition) is 0. The lowest BCUT2D eigenvalue weighted by atomic mass is 9.41. The molecule has 3 heterocycles. The predicted molar refractivity (Wildman–Crippen MR) is 174 cm³/mol. The number of rotatable bonds is 1. The number of benzene rings is 7. The maximum atomic E-state index is 2.64. The minimum Gasteiger partial charge on any atom is -0.376 e. The molecule has 0 amide bonds. The van der Waals surface area contributed by atoms with E-state index in [1.165, 1.54) is 83.2 Å². The highest BCUT2D eigenvalue weighted by Crippen LogP contribution is 2.52. The number of fused-ring (bicyclic) bond motifs is 8. The molecule has 3 aliphatic heterocycles. The standard InChI is InChI=1S/C38H23BN2/c1-2-14-28(15-3-1)40-33-18-8-16-29-31-20-24-10-4-6-12-26(24)22-35(31)41-36-23-27-13-7-5-11-25(27)21-32(36)30-17-9-19-34(40)38(30)39(41)37(29)33/h1-23H. The molecule has 0 bridgehead atoms. The van der Waals surface area contributed by atoms with E-state index in [0.717, 1.165) is 0 Å². The fraction of sp³-hybridized carbons (Fsp3) is 0. The van der Waals surface area contributed by atoms with Gasteiger partial charge in [0.2, 0.25) is 0 Å². The summed E-state index contributed by atoms with van der Waals surface area (Å²) in [6.45, 7) is 0.0923. The van der Waals surface area contributed by atoms with Crippen molar-refractivity contribution in [3.63, 3.8) is 0 Å². The van der Waals surface area contributed by atoms with Gasteiger partial charge in [0.1, 0.15) is 0 Å². The zero-order chi connectivity index (χ0) is 26.7. The van der Waals surface area contributed by atoms with E-state index in [2.05, 4.69) is 149 Å². The Kier molecular flexibility index (Phi) is 4.03. The third-order valence-electron chi connectivity index (χ3n) is 9.29. The largest absolute Gasteiger partial charge is 0.376 e. The number of anilines is 5. The van der Waals surface area contributed by atoms with Crippen LogP contribution in [0.25, 0.3) is 43.8 Å². The quantitative estimate of drug-likeness (QED) is 0.201. The zero-order valence-corrected chi connectivity index (χ0v) is 22.3. The van der Waals surface area contributed by atoms with Crippen molar-refractivity contribution in [2.75, 3.05) is 9.71 Å². The molecule has 0 atom stereocenters. The second-order valence-corrected chi connectivity index (χ2v) is 11.4. The van der Waals surface area contributed by atoms with Crippen molar-refractivity contribution in [1.82, 2.24) is 0 Å². The lowest BCUT2D eigenvalue weighted by Crippen LogP contribution is -2.63. The Bertz CT molecular complexity index is 2100. The first-order chi connectivity index (χ1) is 20.3. The van der Waals surface area contributed by atoms with Crippen LogP contribution >= 0.6 is 0 Å². The Balaban J connectivity index is 1.41. The van der Waals surface area contributed by atoms with Gasteiger partial charge >= 0.3 is 6.85 Å². The maximum Gasteiger partial charge on any atom is 0.333 e. The first-order valence-corrected chi connectivity index (χ1v) is 14.3. The van der Waals surface area contributed by atoms with Gasteiger partial charge < -0.3 is 9.71 Å². The molecule has 188 valence electrons. The van der Waals surface area contributed by atoms with E-state index in [1.54, 1.807) is 0 Å². The second kappa shape index (κ2) is 7.68. The van der Waals surface area contributed by atoms with Crippen LogP contribution in [0.15, 0.2) is 140 Å². The molecule has 3 heteroatoms. The lowest BCUT2D eigenvalue weighted by molar-refractivity contribution is 1.26. The number of para-hydroxylation sites is 1. The summed E-state index contributed by atoms with van der Waals surface area (Å²) in [5.74, 6) is 0. The number of hydrogen-bond acceptors (Lipinski definition) is 2. The van der Waals surface area contributed by atoms with Gasteiger partial charge in [0.15, 0.2) is 0 Å². The van der Waals surface area contributed by atoms with Crippen LogP contribution in [-0.2, 0) is 0 Å². The Hall–Kier alpha value is -5.28. The second-order valence-electron chi connectivity index (χ2n) is 11.4. The molecule has 0 saturated heterocycles. The van der Waals surface area contributed by atoms with Crippen molar-refractivity contribution >= 4 is 67.8 Å². The highest BCUT2D eigenvalue weighted by atomic mass is 15.2. The fourth-order valence-electron chi connectivity index (χ4n) is 7.62. The SMILES string of the molecule is c1ccc(N2c3cccc4c3B3c5c(cccc52)-c2cc5ccccc5cc2N3c2cc3ccccc3cc2-4)cc1. The van der Waals surface area contributed by atoms with E-state index in [9.17, 15) is 0 Å². The van der Waals surface area contributed by atoms with Crippen LogP contribution in [0.5, 0.6) is 0 Å². The van der Waals surface area contributed by atoms with Gasteiger partial charge in [-0.25, -0.2) is 0 Å². The molecular formula is C38H23BN2. The van der Waals surface area contributed by atoms with Gasteiger partial charge in [-0.2, -0.15) is 0 Å². The van der Waals surface area contributed by atoms with E-state index in [-0.39, 0.29) is 6.85 Å². The van der Waals surface area contributed by atoms with Crippen molar-refractivity contribution in [2.24, 2.45) is 0 Å². The van der Waals surface area contributed by atoms with Crippen LogP contribution in [0.1, 0.15) is 0 Å². The molecule has 0 aromatic heterocycles. The molecule has 0 aliphatic carbocycles. The van der Waals surface area contributed by atoms with Crippen LogP contribution < -0.4 is 20.6 Å². The molecule has 3 aliphatic rings. The molecule has 0 saturated carbocycles. The summed E-state index contributed by atoms with van der Waals surface area (Å²) in [5, 5.41) is 5.09. The van der Waals surface area contributed by atoms with E-state index in [4.69, 9.17) is 0 Å². The van der Waals surface area contributed by atoms with E-state index < -0.39 is 0 Å². The van der Waals surface area contributed by atoms with Gasteiger partial charge in [-0.15, -0.1) is 0 Å². The van der Waals surface area contributed by atoms with Crippen molar-refractivity contribution in [1.29, 1.82) is 0 Å². The number of nitrogens with zero attached hydrogens (tertiary/aromatic N) is 2. The monoisotopic (exact) mass is 518 g/mol. The molecule has 0 spiro atoms. The maximum absolute atomic E-state index is 2.64. The van der Waals surface area contributed by atoms with Gasteiger partial charge in [0.25, 0.3) is 0 Å². The minimum absolute atomic E-state index is 0.0923. The average molecular weight is 518 g/mol. The molecular weight excluding hydrogens is 495 g/mol. The smallest absolute Gasteiger partial charge is 0.333 e. The highest BCUT2D eigenvalue weighted by Gasteiger charge is 2.48. The van der Waals surface area contributed by atoms with Crippen LogP contribution in [-0.4, -0.2) is 6.85 Å². The summed E-state index contributed by atoms with van der Waals surface area (Å²) in [6.07, 6.45) is 0. The van der Waals surface area contributed by atoms with Crippen LogP contribution in [0.4, 0.5) is 28.4 Å². The third-order valence-corrected chi connectivity index (χ3v) is 9.29. The van der Waals surface area contributed by atoms with Crippen molar-refractivity contribution in [2.45, 2.75) is 0 Å². The summed E-state index contributed by atoms with van der Waals surface area (Å²) < 4.78 is 0. The van der Waals surface area contributed by atoms with Crippen molar-refractivity contribution in [3.05, 3.63) is 140 Å². The van der Waals surface area contributed by atoms with Crippen LogP contribution in [0, 0.1) is 0 Å². The summed E-state index contributed by atoms with van der Waals surface area (Å²) in [7, 11) is 0. The molecule has 0 unspecified atom stereocenters. The topological polar surface area (TPSA) is 6.48 Å². The molecule has 41 heavy (non-hydrogen) atoms. The molecule has 7 aromatic rings. The fourth-order valence-corrected chi connectivity index (χ4v) is 7.62. The van der Waals surface area contributed by atoms with Crippen LogP contribution in [0.3, 0.4) is 0 Å². The van der Waals surface area contributed by atoms with Gasteiger partial charge in [0.05, 0.1) is 0 Å². The molecule has 0 radical (unpaired) electrons. The molecule has 0 fully saturated rings. The summed E-state index contributed by atoms with van der Waals surface area (Å²) in [4.78, 5) is 5.12. The summed E-state index contributed by atoms with van der Waals surface area (Å²) in [5.41, 5.74) is 14.3. The first kappa shape index (κ1) is 21.5. The highest BCUT2D eigenvalue weighted by molar-refractivity contribution is 6.95. The molecule has 10 rings (SSSR count). The third kappa shape index (κ3) is 2.73. The van der Waals surface area contributed by atoms with Crippen molar-refractivity contribution in [3.8, 4) is 22.3 Å². The summed E-state index contributed by atoms with van der Waals surface area (Å²) >= 11 is 0. The van der Waals surface area contributed by atoms with Gasteiger partial charge in [-0.05, 0) is 92.1 Å². The zero-order valence-electron chi connectivity index (χ0n) is 22.3. The average Bonchev–Trinajstić information content (AvgIpc) is 3.03. The van der Waals surface area contributed by atoms with Gasteiger partial charge in [0, 0.05) is 39.6 Å². The molecule has 0 N–H and O–H groups in total. The van der Waals surface area contributed by atoms with Gasteiger partial charge in [-0.3, -0.25) is 0 Å². The van der Waals surface area contributed by atoms with Crippen LogP contribution in [0.2, 0.25) is 0 Å². The Morgan fingerprint density at radius 2 is 0.829 bits per heavy atom. The lowest BCUT2D eigenvalue weighted by Gasteiger charge is -2.49. The minimum atomic E-state index is 0.0923. The Morgan fingerprint density at radius 1 is 0.366 bits per heavy atom. The Morgan fingerprint density at radius 3 is 1.34 bits per heavy atom. The van der Waals surface area contributed by atoms with Gasteiger partial charge in [-0.1, -0.05) is 91.0 Å². The normalized spacial score (nSPS) is 13.7.